The van der Waals surface area contributed by atoms with Gasteiger partial charge < -0.3 is 9.13 Å². The van der Waals surface area contributed by atoms with Crippen molar-refractivity contribution >= 4 is 43.6 Å². The van der Waals surface area contributed by atoms with Gasteiger partial charge in [-0.15, -0.1) is 0 Å². The van der Waals surface area contributed by atoms with Crippen LogP contribution in [0.5, 0.6) is 0 Å². The van der Waals surface area contributed by atoms with Crippen LogP contribution in [-0.2, 0) is 0 Å². The van der Waals surface area contributed by atoms with Crippen LogP contribution in [0.2, 0.25) is 0 Å². The van der Waals surface area contributed by atoms with Crippen molar-refractivity contribution in [3.8, 4) is 45.8 Å². The molecule has 0 N–H and O–H groups in total. The van der Waals surface area contributed by atoms with Gasteiger partial charge in [0.25, 0.3) is 0 Å². The number of rotatable bonds is 4. The normalized spacial score (nSPS) is 11.4. The average molecular weight is 683 g/mol. The van der Waals surface area contributed by atoms with Gasteiger partial charge in [-0.1, -0.05) is 24.3 Å². The van der Waals surface area contributed by atoms with Crippen LogP contribution in [0.3, 0.4) is 0 Å². The van der Waals surface area contributed by atoms with Crippen LogP contribution < -0.4 is 0 Å². The first kappa shape index (κ1) is 30.9. The Morgan fingerprint density at radius 1 is 0.385 bits per heavy atom. The van der Waals surface area contributed by atoms with Gasteiger partial charge in [0.15, 0.2) is 0 Å². The van der Waals surface area contributed by atoms with Crippen molar-refractivity contribution in [1.82, 2.24) is 9.13 Å². The molecule has 7 aromatic carbocycles. The predicted molar refractivity (Wildman–Crippen MR) is 195 cm³/mol. The zero-order valence-electron chi connectivity index (χ0n) is 27.0. The second-order valence-corrected chi connectivity index (χ2v) is 12.6. The Labute approximate surface area is 293 Å². The van der Waals surface area contributed by atoms with Gasteiger partial charge in [-0.05, 0) is 126 Å². The summed E-state index contributed by atoms with van der Waals surface area (Å²) in [4.78, 5) is 0. The Balaban J connectivity index is 1.54. The fraction of sp³-hybridized carbons (Fsp3) is 0. The average Bonchev–Trinajstić information content (AvgIpc) is 3.65. The number of nitriles is 2. The lowest BCUT2D eigenvalue weighted by atomic mass is 9.94. The maximum atomic E-state index is 14.8. The lowest BCUT2D eigenvalue weighted by molar-refractivity contribution is 0.628. The van der Waals surface area contributed by atoms with Gasteiger partial charge in [0.1, 0.15) is 23.3 Å². The third-order valence-corrected chi connectivity index (χ3v) is 9.56. The molecule has 0 radical (unpaired) electrons. The van der Waals surface area contributed by atoms with Crippen LogP contribution in [-0.4, -0.2) is 9.13 Å². The molecule has 0 saturated heterocycles. The van der Waals surface area contributed by atoms with E-state index in [9.17, 15) is 28.1 Å². The molecule has 4 nitrogen and oxygen atoms in total. The third-order valence-electron chi connectivity index (χ3n) is 9.56. The number of hydrogen-bond acceptors (Lipinski definition) is 2. The van der Waals surface area contributed by atoms with Crippen LogP contribution in [0, 0.1) is 45.9 Å². The van der Waals surface area contributed by atoms with E-state index in [0.29, 0.717) is 82.8 Å². The number of halogens is 4. The molecule has 246 valence electrons. The quantitative estimate of drug-likeness (QED) is 0.174. The van der Waals surface area contributed by atoms with Gasteiger partial charge >= 0.3 is 0 Å². The fourth-order valence-corrected chi connectivity index (χ4v) is 7.39. The van der Waals surface area contributed by atoms with Crippen LogP contribution >= 0.6 is 0 Å². The second kappa shape index (κ2) is 11.7. The molecular weight excluding hydrogens is 661 g/mol. The van der Waals surface area contributed by atoms with Crippen LogP contribution in [0.1, 0.15) is 11.1 Å². The molecule has 0 aliphatic rings. The molecule has 2 aromatic heterocycles. The largest absolute Gasteiger partial charge is 0.309 e. The molecule has 0 unspecified atom stereocenters. The Kier molecular flexibility index (Phi) is 6.96. The van der Waals surface area contributed by atoms with Crippen molar-refractivity contribution in [2.24, 2.45) is 0 Å². The molecule has 0 atom stereocenters. The molecule has 9 aromatic rings. The van der Waals surface area contributed by atoms with E-state index in [0.717, 1.165) is 5.56 Å². The number of nitrogens with zero attached hydrogens (tertiary/aromatic N) is 4. The van der Waals surface area contributed by atoms with E-state index < -0.39 is 23.3 Å². The van der Waals surface area contributed by atoms with Gasteiger partial charge in [0.2, 0.25) is 0 Å². The molecule has 2 heterocycles. The van der Waals surface area contributed by atoms with E-state index in [-0.39, 0.29) is 0 Å². The van der Waals surface area contributed by atoms with E-state index >= 15 is 0 Å². The van der Waals surface area contributed by atoms with Crippen LogP contribution in [0.25, 0.3) is 77.2 Å². The summed E-state index contributed by atoms with van der Waals surface area (Å²) in [6.45, 7) is 0. The summed E-state index contributed by atoms with van der Waals surface area (Å²) >= 11 is 0. The van der Waals surface area contributed by atoms with Crippen molar-refractivity contribution < 1.29 is 17.6 Å². The minimum absolute atomic E-state index is 0.401. The summed E-state index contributed by atoms with van der Waals surface area (Å²) in [5, 5.41) is 21.8. The first-order chi connectivity index (χ1) is 25.3. The molecule has 0 aliphatic heterocycles. The van der Waals surface area contributed by atoms with E-state index in [2.05, 4.69) is 12.1 Å². The highest BCUT2D eigenvalue weighted by molar-refractivity contribution is 6.12. The lowest BCUT2D eigenvalue weighted by Gasteiger charge is -2.22. The molecule has 0 spiro atoms. The van der Waals surface area contributed by atoms with Gasteiger partial charge in [0.05, 0.1) is 56.7 Å². The highest BCUT2D eigenvalue weighted by Gasteiger charge is 2.24. The molecule has 0 fully saturated rings. The maximum Gasteiger partial charge on any atom is 0.123 e. The molecule has 52 heavy (non-hydrogen) atoms. The zero-order valence-corrected chi connectivity index (χ0v) is 27.0. The van der Waals surface area contributed by atoms with Gasteiger partial charge in [0, 0.05) is 27.1 Å². The first-order valence-electron chi connectivity index (χ1n) is 16.3. The summed E-state index contributed by atoms with van der Waals surface area (Å²) < 4.78 is 63.3. The minimum Gasteiger partial charge on any atom is -0.309 e. The van der Waals surface area contributed by atoms with Crippen molar-refractivity contribution in [2.75, 3.05) is 0 Å². The minimum atomic E-state index is -0.481. The number of benzene rings is 7. The van der Waals surface area contributed by atoms with E-state index in [4.69, 9.17) is 0 Å². The Morgan fingerprint density at radius 2 is 0.750 bits per heavy atom. The van der Waals surface area contributed by atoms with Gasteiger partial charge in [-0.3, -0.25) is 0 Å². The number of aromatic nitrogens is 2. The third kappa shape index (κ3) is 4.81. The van der Waals surface area contributed by atoms with E-state index in [1.807, 2.05) is 33.4 Å². The van der Waals surface area contributed by atoms with Crippen molar-refractivity contribution in [3.05, 3.63) is 168 Å². The summed E-state index contributed by atoms with van der Waals surface area (Å²) in [7, 11) is 0. The highest BCUT2D eigenvalue weighted by Crippen LogP contribution is 2.44. The van der Waals surface area contributed by atoms with Crippen molar-refractivity contribution in [2.45, 2.75) is 0 Å². The zero-order chi connectivity index (χ0) is 35.7. The maximum absolute atomic E-state index is 14.8. The van der Waals surface area contributed by atoms with Crippen molar-refractivity contribution in [1.29, 1.82) is 10.5 Å². The summed E-state index contributed by atoms with van der Waals surface area (Å²) in [5.74, 6) is -1.92. The highest BCUT2D eigenvalue weighted by atomic mass is 19.1. The molecule has 0 saturated carbocycles. The summed E-state index contributed by atoms with van der Waals surface area (Å²) in [6, 6.07) is 40.1. The monoisotopic (exact) mass is 682 g/mol. The molecule has 8 heteroatoms. The summed E-state index contributed by atoms with van der Waals surface area (Å²) in [6.07, 6.45) is 0. The van der Waals surface area contributed by atoms with E-state index in [1.54, 1.807) is 60.7 Å². The molecule has 0 aliphatic carbocycles. The Hall–Kier alpha value is -7.16. The van der Waals surface area contributed by atoms with E-state index in [1.165, 1.54) is 48.5 Å². The molecule has 0 amide bonds. The van der Waals surface area contributed by atoms with Gasteiger partial charge in [-0.2, -0.15) is 10.5 Å². The molecule has 9 rings (SSSR count). The molecule has 0 bridgehead atoms. The standard InChI is InChI=1S/C44H22F4N4/c45-30-7-11-38-34(19-30)35-20-31(46)8-12-39(35)51(38)42-17-29(27-5-1-3-25(15-27)23-49)18-43(44(42)28-6-2-4-26(16-28)24-50)52-40-13-9-32(47)21-36(40)37-22-33(48)10-14-41(37)52/h1-22H. The van der Waals surface area contributed by atoms with Crippen LogP contribution in [0.4, 0.5) is 17.6 Å². The van der Waals surface area contributed by atoms with Crippen LogP contribution in [0.15, 0.2) is 133 Å². The summed E-state index contributed by atoms with van der Waals surface area (Å²) in [5.41, 5.74) is 7.13. The fourth-order valence-electron chi connectivity index (χ4n) is 7.39. The first-order valence-corrected chi connectivity index (χ1v) is 16.3. The number of fused-ring (bicyclic) bond motifs is 6. The number of hydrogen-bond donors (Lipinski definition) is 0. The van der Waals surface area contributed by atoms with Crippen molar-refractivity contribution in [3.63, 3.8) is 0 Å². The lowest BCUT2D eigenvalue weighted by Crippen LogP contribution is -2.05. The Morgan fingerprint density at radius 3 is 1.13 bits per heavy atom. The molecular formula is C44H22F4N4. The predicted octanol–water partition coefficient (Wildman–Crippen LogP) is 11.5. The Bertz CT molecular complexity index is 2780. The SMILES string of the molecule is N#Cc1cccc(-c2cc(-n3c4ccc(F)cc4c4cc(F)ccc43)c(-c3cccc(C#N)c3)c(-n3c4ccc(F)cc4c4cc(F)ccc43)c2)c1. The van der Waals surface area contributed by atoms with Gasteiger partial charge in [-0.25, -0.2) is 17.6 Å². The topological polar surface area (TPSA) is 57.4 Å². The smallest absolute Gasteiger partial charge is 0.123 e. The second-order valence-electron chi connectivity index (χ2n) is 12.6.